The SMILES string of the molecule is CCCCCCCCCCCCCCCCCCCc1cc(CCCCCCCCCCCCCCCCCCC)n[c]n1. The topological polar surface area (TPSA) is 25.8 Å². The average molecular weight is 612 g/mol. The highest BCUT2D eigenvalue weighted by Gasteiger charge is 2.02. The Morgan fingerprint density at radius 1 is 0.318 bits per heavy atom. The first-order valence-electron chi connectivity index (χ1n) is 20.6. The highest BCUT2D eigenvalue weighted by Crippen LogP contribution is 2.16. The van der Waals surface area contributed by atoms with Gasteiger partial charge < -0.3 is 0 Å². The summed E-state index contributed by atoms with van der Waals surface area (Å²) in [5.74, 6) is 0. The maximum absolute atomic E-state index is 4.44. The molecule has 0 aliphatic rings. The standard InChI is InChI=1S/C42H79N2/c1-3-5-7-9-11-13-15-17-19-21-23-25-27-29-31-33-35-37-41-39-42(44-40-43-41)38-36-34-32-30-28-26-24-22-20-18-16-14-12-10-8-6-4-2/h39H,3-38H2,1-2H3. The molecule has 2 heteroatoms. The van der Waals surface area contributed by atoms with Crippen LogP contribution in [-0.4, -0.2) is 9.97 Å². The average Bonchev–Trinajstić information content (AvgIpc) is 3.04. The van der Waals surface area contributed by atoms with E-state index in [0.717, 1.165) is 12.8 Å². The van der Waals surface area contributed by atoms with Crippen molar-refractivity contribution in [2.45, 2.75) is 245 Å². The van der Waals surface area contributed by atoms with Gasteiger partial charge in [0.05, 0.1) is 0 Å². The van der Waals surface area contributed by atoms with Gasteiger partial charge in [0.15, 0.2) is 6.33 Å². The van der Waals surface area contributed by atoms with E-state index in [1.807, 2.05) is 0 Å². The molecule has 0 saturated carbocycles. The predicted octanol–water partition coefficient (Wildman–Crippen LogP) is 14.7. The summed E-state index contributed by atoms with van der Waals surface area (Å²) in [6.45, 7) is 4.61. The van der Waals surface area contributed by atoms with Crippen LogP contribution < -0.4 is 0 Å². The highest BCUT2D eigenvalue weighted by atomic mass is 14.8. The van der Waals surface area contributed by atoms with Gasteiger partial charge in [0.1, 0.15) is 0 Å². The quantitative estimate of drug-likeness (QED) is 0.0705. The summed E-state index contributed by atoms with van der Waals surface area (Å²) in [6.07, 6.45) is 53.7. The van der Waals surface area contributed by atoms with Crippen LogP contribution in [0.2, 0.25) is 0 Å². The molecule has 0 aromatic carbocycles. The molecule has 1 rings (SSSR count). The normalized spacial score (nSPS) is 11.5. The Morgan fingerprint density at radius 3 is 0.750 bits per heavy atom. The zero-order valence-electron chi connectivity index (χ0n) is 30.4. The van der Waals surface area contributed by atoms with Crippen LogP contribution in [0.4, 0.5) is 0 Å². The van der Waals surface area contributed by atoms with Crippen LogP contribution in [0.5, 0.6) is 0 Å². The summed E-state index contributed by atoms with van der Waals surface area (Å²) >= 11 is 0. The molecule has 44 heavy (non-hydrogen) atoms. The van der Waals surface area contributed by atoms with Crippen molar-refractivity contribution < 1.29 is 0 Å². The third kappa shape index (κ3) is 29.8. The molecule has 257 valence electrons. The van der Waals surface area contributed by atoms with Gasteiger partial charge in [-0.15, -0.1) is 0 Å². The Bertz CT molecular complexity index is 618. The number of hydrogen-bond donors (Lipinski definition) is 0. The third-order valence-corrected chi connectivity index (χ3v) is 9.79. The minimum absolute atomic E-state index is 1.10. The van der Waals surface area contributed by atoms with E-state index in [-0.39, 0.29) is 0 Å². The van der Waals surface area contributed by atoms with E-state index in [1.165, 1.54) is 230 Å². The van der Waals surface area contributed by atoms with E-state index in [1.54, 1.807) is 0 Å². The van der Waals surface area contributed by atoms with E-state index in [0.29, 0.717) is 0 Å². The Balaban J connectivity index is 1.83. The van der Waals surface area contributed by atoms with Crippen LogP contribution in [0.15, 0.2) is 6.07 Å². The molecule has 2 nitrogen and oxygen atoms in total. The molecule has 0 saturated heterocycles. The van der Waals surface area contributed by atoms with Gasteiger partial charge in [-0.1, -0.05) is 219 Å². The van der Waals surface area contributed by atoms with Gasteiger partial charge in [-0.05, 0) is 31.7 Å². The van der Waals surface area contributed by atoms with Crippen molar-refractivity contribution in [3.8, 4) is 0 Å². The van der Waals surface area contributed by atoms with Gasteiger partial charge >= 0.3 is 0 Å². The molecule has 0 aliphatic heterocycles. The molecular formula is C42H79N2. The van der Waals surface area contributed by atoms with Crippen molar-refractivity contribution in [3.63, 3.8) is 0 Å². The Hall–Kier alpha value is -0.920. The molecule has 0 fully saturated rings. The molecule has 1 aromatic rings. The van der Waals surface area contributed by atoms with Gasteiger partial charge in [-0.25, -0.2) is 9.97 Å². The van der Waals surface area contributed by atoms with Crippen molar-refractivity contribution >= 4 is 0 Å². The highest BCUT2D eigenvalue weighted by molar-refractivity contribution is 5.08. The molecule has 0 aliphatic carbocycles. The van der Waals surface area contributed by atoms with Crippen molar-refractivity contribution in [2.75, 3.05) is 0 Å². The summed E-state index contributed by atoms with van der Waals surface area (Å²) in [5, 5.41) is 0. The Kier molecular flexibility index (Phi) is 32.6. The Labute approximate surface area is 278 Å². The summed E-state index contributed by atoms with van der Waals surface area (Å²) in [6, 6.07) is 2.26. The monoisotopic (exact) mass is 612 g/mol. The lowest BCUT2D eigenvalue weighted by Gasteiger charge is -2.05. The minimum atomic E-state index is 1.10. The van der Waals surface area contributed by atoms with E-state index in [4.69, 9.17) is 0 Å². The number of nitrogens with zero attached hydrogens (tertiary/aromatic N) is 2. The lowest BCUT2D eigenvalue weighted by Crippen LogP contribution is -1.97. The number of aryl methyl sites for hydroxylation is 2. The van der Waals surface area contributed by atoms with Crippen molar-refractivity contribution in [3.05, 3.63) is 23.8 Å². The molecule has 0 N–H and O–H groups in total. The molecule has 1 heterocycles. The second kappa shape index (κ2) is 34.9. The molecule has 0 bridgehead atoms. The number of aromatic nitrogens is 2. The maximum atomic E-state index is 4.44. The molecule has 1 radical (unpaired) electrons. The molecule has 0 atom stereocenters. The minimum Gasteiger partial charge on any atom is -0.230 e. The largest absolute Gasteiger partial charge is 0.230 e. The summed E-state index contributed by atoms with van der Waals surface area (Å²) in [7, 11) is 0. The molecular weight excluding hydrogens is 532 g/mol. The van der Waals surface area contributed by atoms with Gasteiger partial charge in [0, 0.05) is 11.4 Å². The van der Waals surface area contributed by atoms with E-state index >= 15 is 0 Å². The number of hydrogen-bond acceptors (Lipinski definition) is 2. The van der Waals surface area contributed by atoms with Crippen LogP contribution >= 0.6 is 0 Å². The third-order valence-electron chi connectivity index (χ3n) is 9.79. The van der Waals surface area contributed by atoms with Gasteiger partial charge in [-0.3, -0.25) is 0 Å². The summed E-state index contributed by atoms with van der Waals surface area (Å²) < 4.78 is 0. The fourth-order valence-electron chi connectivity index (χ4n) is 6.73. The first-order chi connectivity index (χ1) is 21.9. The van der Waals surface area contributed by atoms with E-state index < -0.39 is 0 Å². The second-order valence-corrected chi connectivity index (χ2v) is 14.3. The van der Waals surface area contributed by atoms with Crippen LogP contribution in [0, 0.1) is 6.33 Å². The maximum Gasteiger partial charge on any atom is 0.198 e. The first kappa shape index (κ1) is 41.1. The van der Waals surface area contributed by atoms with E-state index in [2.05, 4.69) is 36.2 Å². The van der Waals surface area contributed by atoms with Crippen molar-refractivity contribution in [2.24, 2.45) is 0 Å². The molecule has 0 spiro atoms. The van der Waals surface area contributed by atoms with Crippen molar-refractivity contribution in [1.82, 2.24) is 9.97 Å². The summed E-state index contributed by atoms with van der Waals surface area (Å²) in [4.78, 5) is 8.88. The zero-order chi connectivity index (χ0) is 31.4. The van der Waals surface area contributed by atoms with E-state index in [9.17, 15) is 0 Å². The van der Waals surface area contributed by atoms with Crippen LogP contribution in [0.3, 0.4) is 0 Å². The molecule has 0 unspecified atom stereocenters. The number of unbranched alkanes of at least 4 members (excludes halogenated alkanes) is 32. The van der Waals surface area contributed by atoms with Crippen LogP contribution in [0.25, 0.3) is 0 Å². The fraction of sp³-hybridized carbons (Fsp3) is 0.905. The zero-order valence-corrected chi connectivity index (χ0v) is 30.4. The lowest BCUT2D eigenvalue weighted by molar-refractivity contribution is 0.526. The van der Waals surface area contributed by atoms with Gasteiger partial charge in [0.25, 0.3) is 0 Å². The predicted molar refractivity (Wildman–Crippen MR) is 197 cm³/mol. The number of rotatable bonds is 36. The second-order valence-electron chi connectivity index (χ2n) is 14.3. The van der Waals surface area contributed by atoms with Crippen molar-refractivity contribution in [1.29, 1.82) is 0 Å². The fourth-order valence-corrected chi connectivity index (χ4v) is 6.73. The first-order valence-corrected chi connectivity index (χ1v) is 20.6. The van der Waals surface area contributed by atoms with Gasteiger partial charge in [-0.2, -0.15) is 0 Å². The smallest absolute Gasteiger partial charge is 0.198 e. The van der Waals surface area contributed by atoms with Crippen LogP contribution in [-0.2, 0) is 12.8 Å². The Morgan fingerprint density at radius 2 is 0.523 bits per heavy atom. The lowest BCUT2D eigenvalue weighted by atomic mass is 10.0. The molecule has 0 amide bonds. The summed E-state index contributed by atoms with van der Waals surface area (Å²) in [5.41, 5.74) is 2.42. The molecule has 1 aromatic heterocycles. The van der Waals surface area contributed by atoms with Gasteiger partial charge in [0.2, 0.25) is 0 Å². The van der Waals surface area contributed by atoms with Crippen LogP contribution in [0.1, 0.15) is 244 Å².